The molecule has 2 aromatic carbocycles. The number of hydrogen-bond acceptors (Lipinski definition) is 5. The lowest BCUT2D eigenvalue weighted by Gasteiger charge is -2.35. The molecule has 0 N–H and O–H groups in total. The molecule has 37 heavy (non-hydrogen) atoms. The highest BCUT2D eigenvalue weighted by Gasteiger charge is 2.28. The number of rotatable bonds is 7. The molecule has 3 heterocycles. The van der Waals surface area contributed by atoms with E-state index < -0.39 is 0 Å². The molecule has 5 rings (SSSR count). The van der Waals surface area contributed by atoms with Gasteiger partial charge in [0.05, 0.1) is 12.7 Å². The molecular weight excluding hydrogens is 462 g/mol. The average Bonchev–Trinajstić information content (AvgIpc) is 3.19. The topological polar surface area (TPSA) is 53.8 Å². The standard InChI is InChI=1S/C30H35N5O2/c1-22-29(26-18-25(37-4)11-12-27(26)35(22)21-23-8-6-5-7-9-23)30(36)34-16-14-33(15-17-34)28-13-10-24(19-31-28)20-32(2)3/h5-13,18-19H,14-17,20-21H2,1-4H3. The molecule has 0 spiro atoms. The second-order valence-electron chi connectivity index (χ2n) is 9.96. The highest BCUT2D eigenvalue weighted by atomic mass is 16.5. The second-order valence-corrected chi connectivity index (χ2v) is 9.96. The van der Waals surface area contributed by atoms with Gasteiger partial charge in [-0.05, 0) is 56.4 Å². The van der Waals surface area contributed by atoms with E-state index in [0.717, 1.165) is 53.4 Å². The van der Waals surface area contributed by atoms with Crippen molar-refractivity contribution in [1.29, 1.82) is 0 Å². The molecule has 0 saturated carbocycles. The van der Waals surface area contributed by atoms with E-state index in [0.29, 0.717) is 19.6 Å². The minimum Gasteiger partial charge on any atom is -0.497 e. The predicted molar refractivity (Wildman–Crippen MR) is 149 cm³/mol. The fourth-order valence-corrected chi connectivity index (χ4v) is 5.19. The Balaban J connectivity index is 1.38. The monoisotopic (exact) mass is 497 g/mol. The van der Waals surface area contributed by atoms with Crippen LogP contribution in [0.3, 0.4) is 0 Å². The molecule has 1 amide bonds. The van der Waals surface area contributed by atoms with Crippen LogP contribution in [-0.2, 0) is 13.1 Å². The van der Waals surface area contributed by atoms with Crippen molar-refractivity contribution in [1.82, 2.24) is 19.4 Å². The van der Waals surface area contributed by atoms with Crippen molar-refractivity contribution in [2.45, 2.75) is 20.0 Å². The van der Waals surface area contributed by atoms with Gasteiger partial charge in [-0.1, -0.05) is 36.4 Å². The van der Waals surface area contributed by atoms with Gasteiger partial charge < -0.3 is 24.0 Å². The van der Waals surface area contributed by atoms with Crippen molar-refractivity contribution in [2.24, 2.45) is 0 Å². The molecule has 7 heteroatoms. The zero-order chi connectivity index (χ0) is 25.9. The first-order chi connectivity index (χ1) is 17.9. The van der Waals surface area contributed by atoms with Crippen LogP contribution in [-0.4, -0.2) is 72.6 Å². The van der Waals surface area contributed by atoms with Gasteiger partial charge in [0.2, 0.25) is 0 Å². The maximum absolute atomic E-state index is 13.9. The zero-order valence-corrected chi connectivity index (χ0v) is 22.1. The van der Waals surface area contributed by atoms with E-state index >= 15 is 0 Å². The predicted octanol–water partition coefficient (Wildman–Crippen LogP) is 4.43. The Morgan fingerprint density at radius 1 is 0.973 bits per heavy atom. The number of carbonyl (C=O) groups is 1. The summed E-state index contributed by atoms with van der Waals surface area (Å²) in [5.74, 6) is 1.80. The minimum absolute atomic E-state index is 0.0801. The van der Waals surface area contributed by atoms with E-state index in [9.17, 15) is 4.79 Å². The van der Waals surface area contributed by atoms with Gasteiger partial charge in [-0.15, -0.1) is 0 Å². The first kappa shape index (κ1) is 24.8. The van der Waals surface area contributed by atoms with Crippen molar-refractivity contribution >= 4 is 22.6 Å². The molecule has 2 aromatic heterocycles. The van der Waals surface area contributed by atoms with Gasteiger partial charge >= 0.3 is 0 Å². The number of hydrogen-bond donors (Lipinski definition) is 0. The van der Waals surface area contributed by atoms with Crippen LogP contribution in [0.2, 0.25) is 0 Å². The van der Waals surface area contributed by atoms with Gasteiger partial charge in [0.1, 0.15) is 11.6 Å². The van der Waals surface area contributed by atoms with Crippen molar-refractivity contribution in [2.75, 3.05) is 52.3 Å². The van der Waals surface area contributed by atoms with Gasteiger partial charge in [0.15, 0.2) is 0 Å². The van der Waals surface area contributed by atoms with Crippen LogP contribution in [0.5, 0.6) is 5.75 Å². The Bertz CT molecular complexity index is 1370. The molecule has 0 unspecified atom stereocenters. The molecule has 0 radical (unpaired) electrons. The van der Waals surface area contributed by atoms with Crippen LogP contribution < -0.4 is 9.64 Å². The summed E-state index contributed by atoms with van der Waals surface area (Å²) in [4.78, 5) is 25.0. The number of aromatic nitrogens is 2. The average molecular weight is 498 g/mol. The Hall–Kier alpha value is -3.84. The molecule has 1 saturated heterocycles. The van der Waals surface area contributed by atoms with Crippen LogP contribution in [0.4, 0.5) is 5.82 Å². The van der Waals surface area contributed by atoms with Crippen molar-refractivity contribution in [3.63, 3.8) is 0 Å². The lowest BCUT2D eigenvalue weighted by Crippen LogP contribution is -2.49. The molecule has 192 valence electrons. The molecular formula is C30H35N5O2. The summed E-state index contributed by atoms with van der Waals surface area (Å²) < 4.78 is 7.75. The molecule has 4 aromatic rings. The Morgan fingerprint density at radius 3 is 2.38 bits per heavy atom. The highest BCUT2D eigenvalue weighted by molar-refractivity contribution is 6.09. The van der Waals surface area contributed by atoms with Gasteiger partial charge in [0, 0.05) is 62.1 Å². The summed E-state index contributed by atoms with van der Waals surface area (Å²) >= 11 is 0. The lowest BCUT2D eigenvalue weighted by atomic mass is 10.1. The van der Waals surface area contributed by atoms with Gasteiger partial charge in [-0.3, -0.25) is 4.79 Å². The summed E-state index contributed by atoms with van der Waals surface area (Å²) in [6, 6.07) is 20.6. The SMILES string of the molecule is COc1ccc2c(c1)c(C(=O)N1CCN(c3ccc(CN(C)C)cn3)CC1)c(C)n2Cc1ccccc1. The fourth-order valence-electron chi connectivity index (χ4n) is 5.19. The molecule has 0 atom stereocenters. The number of methoxy groups -OCH3 is 1. The Labute approximate surface area is 218 Å². The minimum atomic E-state index is 0.0801. The summed E-state index contributed by atoms with van der Waals surface area (Å²) in [6.45, 7) is 6.48. The Morgan fingerprint density at radius 2 is 1.73 bits per heavy atom. The highest BCUT2D eigenvalue weighted by Crippen LogP contribution is 2.31. The molecule has 0 bridgehead atoms. The fraction of sp³-hybridized carbons (Fsp3) is 0.333. The van der Waals surface area contributed by atoms with E-state index in [2.05, 4.69) is 82.8 Å². The summed E-state index contributed by atoms with van der Waals surface area (Å²) in [7, 11) is 5.78. The number of fused-ring (bicyclic) bond motifs is 1. The molecule has 1 aliphatic heterocycles. The van der Waals surface area contributed by atoms with Crippen molar-refractivity contribution in [3.05, 3.63) is 89.2 Å². The third-order valence-corrected chi connectivity index (χ3v) is 7.13. The van der Waals surface area contributed by atoms with Crippen LogP contribution in [0, 0.1) is 6.92 Å². The quantitative estimate of drug-likeness (QED) is 0.378. The van der Waals surface area contributed by atoms with Crippen LogP contribution in [0.1, 0.15) is 27.2 Å². The third-order valence-electron chi connectivity index (χ3n) is 7.13. The number of anilines is 1. The van der Waals surface area contributed by atoms with Crippen molar-refractivity contribution < 1.29 is 9.53 Å². The molecule has 7 nitrogen and oxygen atoms in total. The summed E-state index contributed by atoms with van der Waals surface area (Å²) in [6.07, 6.45) is 1.95. The van der Waals surface area contributed by atoms with Crippen LogP contribution >= 0.6 is 0 Å². The van der Waals surface area contributed by atoms with E-state index in [-0.39, 0.29) is 5.91 Å². The lowest BCUT2D eigenvalue weighted by molar-refractivity contribution is 0.0747. The summed E-state index contributed by atoms with van der Waals surface area (Å²) in [5.41, 5.74) is 5.20. The number of piperazine rings is 1. The van der Waals surface area contributed by atoms with Crippen LogP contribution in [0.15, 0.2) is 66.9 Å². The summed E-state index contributed by atoms with van der Waals surface area (Å²) in [5, 5.41) is 0.943. The number of ether oxygens (including phenoxy) is 1. The maximum atomic E-state index is 13.9. The molecule has 0 aliphatic carbocycles. The smallest absolute Gasteiger partial charge is 0.256 e. The number of amides is 1. The van der Waals surface area contributed by atoms with Gasteiger partial charge in [-0.2, -0.15) is 0 Å². The largest absolute Gasteiger partial charge is 0.497 e. The number of benzene rings is 2. The van der Waals surface area contributed by atoms with E-state index in [4.69, 9.17) is 4.74 Å². The normalized spacial score (nSPS) is 14.0. The van der Waals surface area contributed by atoms with E-state index in [1.165, 1.54) is 11.1 Å². The van der Waals surface area contributed by atoms with Gasteiger partial charge in [-0.25, -0.2) is 4.98 Å². The first-order valence-corrected chi connectivity index (χ1v) is 12.8. The molecule has 1 fully saturated rings. The number of nitrogens with zero attached hydrogens (tertiary/aromatic N) is 5. The number of carbonyl (C=O) groups excluding carboxylic acids is 1. The van der Waals surface area contributed by atoms with E-state index in [1.807, 2.05) is 29.3 Å². The van der Waals surface area contributed by atoms with E-state index in [1.54, 1.807) is 7.11 Å². The molecule has 1 aliphatic rings. The zero-order valence-electron chi connectivity index (χ0n) is 22.1. The maximum Gasteiger partial charge on any atom is 0.256 e. The third kappa shape index (κ3) is 5.18. The van der Waals surface area contributed by atoms with Crippen molar-refractivity contribution in [3.8, 4) is 5.75 Å². The first-order valence-electron chi connectivity index (χ1n) is 12.8. The van der Waals surface area contributed by atoms with Gasteiger partial charge in [0.25, 0.3) is 5.91 Å². The Kier molecular flexibility index (Phi) is 7.15. The second kappa shape index (κ2) is 10.6. The van der Waals surface area contributed by atoms with Crippen LogP contribution in [0.25, 0.3) is 10.9 Å². The number of pyridine rings is 1.